The lowest BCUT2D eigenvalue weighted by molar-refractivity contribution is -0.134. The summed E-state index contributed by atoms with van der Waals surface area (Å²) in [5.41, 5.74) is 9.74. The molecule has 2 aromatic rings. The molecule has 4 heteroatoms. The summed E-state index contributed by atoms with van der Waals surface area (Å²) >= 11 is 0. The minimum Gasteiger partial charge on any atom is -0.337 e. The maximum atomic E-state index is 12.7. The van der Waals surface area contributed by atoms with Crippen LogP contribution in [0, 0.1) is 17.2 Å². The molecule has 27 heavy (non-hydrogen) atoms. The number of benzene rings is 2. The predicted molar refractivity (Wildman–Crippen MR) is 110 cm³/mol. The highest BCUT2D eigenvalue weighted by Crippen LogP contribution is 2.24. The fourth-order valence-corrected chi connectivity index (χ4v) is 2.95. The summed E-state index contributed by atoms with van der Waals surface area (Å²) in [5.74, 6) is 0.129. The molecule has 142 valence electrons. The van der Waals surface area contributed by atoms with Gasteiger partial charge in [0.05, 0.1) is 17.7 Å². The van der Waals surface area contributed by atoms with E-state index in [1.165, 1.54) is 0 Å². The molecule has 0 spiro atoms. The van der Waals surface area contributed by atoms with Crippen LogP contribution >= 0.6 is 0 Å². The van der Waals surface area contributed by atoms with Gasteiger partial charge in [-0.2, -0.15) is 5.26 Å². The van der Waals surface area contributed by atoms with E-state index in [0.717, 1.165) is 36.1 Å². The number of carbonyl (C=O) groups is 1. The Bertz CT molecular complexity index is 790. The molecule has 2 rings (SSSR count). The third-order valence-electron chi connectivity index (χ3n) is 4.78. The standard InChI is InChI=1S/C23H29N3O/c1-4-5-14-26(23(27)22(25)17(2)3)16-18-10-12-19(13-11-18)21-9-7-6-8-20(21)15-24/h6-13,17,22H,4-5,14,16,25H2,1-3H3. The molecule has 0 saturated heterocycles. The number of unbranched alkanes of at least 4 members (excludes halogenated alkanes) is 1. The van der Waals surface area contributed by atoms with Gasteiger partial charge >= 0.3 is 0 Å². The summed E-state index contributed by atoms with van der Waals surface area (Å²) in [6.07, 6.45) is 1.99. The first-order chi connectivity index (χ1) is 13.0. The maximum Gasteiger partial charge on any atom is 0.240 e. The van der Waals surface area contributed by atoms with Crippen LogP contribution in [-0.4, -0.2) is 23.4 Å². The molecule has 4 nitrogen and oxygen atoms in total. The first-order valence-electron chi connectivity index (χ1n) is 9.60. The highest BCUT2D eigenvalue weighted by atomic mass is 16.2. The predicted octanol–water partition coefficient (Wildman–Crippen LogP) is 4.34. The van der Waals surface area contributed by atoms with Crippen LogP contribution in [0.5, 0.6) is 0 Å². The van der Waals surface area contributed by atoms with Gasteiger partial charge < -0.3 is 10.6 Å². The van der Waals surface area contributed by atoms with E-state index in [1.807, 2.05) is 67.3 Å². The molecule has 0 radical (unpaired) electrons. The average Bonchev–Trinajstić information content (AvgIpc) is 2.70. The van der Waals surface area contributed by atoms with Crippen LogP contribution in [0.25, 0.3) is 11.1 Å². The van der Waals surface area contributed by atoms with Crippen LogP contribution in [0.15, 0.2) is 48.5 Å². The van der Waals surface area contributed by atoms with Crippen molar-refractivity contribution in [2.75, 3.05) is 6.54 Å². The third kappa shape index (κ3) is 5.42. The van der Waals surface area contributed by atoms with Gasteiger partial charge in [-0.3, -0.25) is 4.79 Å². The lowest BCUT2D eigenvalue weighted by Crippen LogP contribution is -2.46. The van der Waals surface area contributed by atoms with Gasteiger partial charge in [0.15, 0.2) is 0 Å². The molecule has 0 aliphatic carbocycles. The lowest BCUT2D eigenvalue weighted by Gasteiger charge is -2.27. The van der Waals surface area contributed by atoms with E-state index in [9.17, 15) is 10.1 Å². The Morgan fingerprint density at radius 1 is 1.15 bits per heavy atom. The van der Waals surface area contributed by atoms with Crippen molar-refractivity contribution in [3.8, 4) is 17.2 Å². The van der Waals surface area contributed by atoms with E-state index in [1.54, 1.807) is 0 Å². The van der Waals surface area contributed by atoms with E-state index in [-0.39, 0.29) is 11.8 Å². The topological polar surface area (TPSA) is 70.1 Å². The highest BCUT2D eigenvalue weighted by Gasteiger charge is 2.23. The third-order valence-corrected chi connectivity index (χ3v) is 4.78. The summed E-state index contributed by atoms with van der Waals surface area (Å²) in [6, 6.07) is 17.4. The number of nitrogens with zero attached hydrogens (tertiary/aromatic N) is 2. The van der Waals surface area contributed by atoms with Crippen molar-refractivity contribution < 1.29 is 4.79 Å². The first-order valence-corrected chi connectivity index (χ1v) is 9.60. The van der Waals surface area contributed by atoms with E-state index >= 15 is 0 Å². The van der Waals surface area contributed by atoms with Crippen molar-refractivity contribution in [3.05, 3.63) is 59.7 Å². The monoisotopic (exact) mass is 363 g/mol. The maximum absolute atomic E-state index is 12.7. The minimum atomic E-state index is -0.469. The van der Waals surface area contributed by atoms with Crippen molar-refractivity contribution in [1.29, 1.82) is 5.26 Å². The molecule has 1 unspecified atom stereocenters. The Morgan fingerprint density at radius 3 is 2.41 bits per heavy atom. The first kappa shape index (κ1) is 20.7. The molecule has 0 aliphatic heterocycles. The number of carbonyl (C=O) groups excluding carboxylic acids is 1. The number of rotatable bonds is 8. The Balaban J connectivity index is 2.19. The smallest absolute Gasteiger partial charge is 0.240 e. The number of nitrogens with two attached hydrogens (primary N) is 1. The number of amides is 1. The van der Waals surface area contributed by atoms with Crippen molar-refractivity contribution >= 4 is 5.91 Å². The number of hydrogen-bond acceptors (Lipinski definition) is 3. The molecule has 1 amide bonds. The van der Waals surface area contributed by atoms with Gasteiger partial charge in [-0.25, -0.2) is 0 Å². The molecule has 0 bridgehead atoms. The number of hydrogen-bond donors (Lipinski definition) is 1. The van der Waals surface area contributed by atoms with Gasteiger partial charge in [-0.1, -0.05) is 69.7 Å². The number of nitriles is 1. The molecule has 2 N–H and O–H groups in total. The van der Waals surface area contributed by atoms with Crippen LogP contribution in [0.4, 0.5) is 0 Å². The van der Waals surface area contributed by atoms with E-state index in [0.29, 0.717) is 12.1 Å². The second-order valence-corrected chi connectivity index (χ2v) is 7.24. The largest absolute Gasteiger partial charge is 0.337 e. The quantitative estimate of drug-likeness (QED) is 0.758. The van der Waals surface area contributed by atoms with Crippen LogP contribution in [0.2, 0.25) is 0 Å². The lowest BCUT2D eigenvalue weighted by atomic mass is 9.99. The molecular formula is C23H29N3O. The van der Waals surface area contributed by atoms with E-state index < -0.39 is 6.04 Å². The van der Waals surface area contributed by atoms with Crippen molar-refractivity contribution in [3.63, 3.8) is 0 Å². The van der Waals surface area contributed by atoms with Crippen LogP contribution in [0.1, 0.15) is 44.7 Å². The second-order valence-electron chi connectivity index (χ2n) is 7.24. The zero-order valence-electron chi connectivity index (χ0n) is 16.5. The van der Waals surface area contributed by atoms with Crippen LogP contribution in [-0.2, 0) is 11.3 Å². The second kappa shape index (κ2) is 9.89. The molecule has 0 fully saturated rings. The zero-order chi connectivity index (χ0) is 19.8. The van der Waals surface area contributed by atoms with E-state index in [2.05, 4.69) is 13.0 Å². The van der Waals surface area contributed by atoms with E-state index in [4.69, 9.17) is 5.73 Å². The van der Waals surface area contributed by atoms with Crippen molar-refractivity contribution in [2.24, 2.45) is 11.7 Å². The summed E-state index contributed by atoms with van der Waals surface area (Å²) in [6.45, 7) is 7.34. The fourth-order valence-electron chi connectivity index (χ4n) is 2.95. The molecule has 0 heterocycles. The zero-order valence-corrected chi connectivity index (χ0v) is 16.5. The normalized spacial score (nSPS) is 11.9. The van der Waals surface area contributed by atoms with Gasteiger partial charge in [0.1, 0.15) is 0 Å². The minimum absolute atomic E-state index is 0.0114. The van der Waals surface area contributed by atoms with Crippen LogP contribution in [0.3, 0.4) is 0 Å². The molecule has 0 aliphatic rings. The van der Waals surface area contributed by atoms with Crippen molar-refractivity contribution in [2.45, 2.75) is 46.2 Å². The molecule has 1 atom stereocenters. The fraction of sp³-hybridized carbons (Fsp3) is 0.391. The van der Waals surface area contributed by atoms with Gasteiger partial charge in [0.2, 0.25) is 5.91 Å². The highest BCUT2D eigenvalue weighted by molar-refractivity contribution is 5.82. The Hall–Kier alpha value is -2.64. The molecule has 0 aromatic heterocycles. The van der Waals surface area contributed by atoms with Crippen LogP contribution < -0.4 is 5.73 Å². The Kier molecular flexibility index (Phi) is 7.57. The average molecular weight is 364 g/mol. The van der Waals surface area contributed by atoms with Gasteiger partial charge in [0.25, 0.3) is 0 Å². The molecular weight excluding hydrogens is 334 g/mol. The Labute approximate surface area is 162 Å². The van der Waals surface area contributed by atoms with Gasteiger partial charge in [-0.05, 0) is 35.1 Å². The van der Waals surface area contributed by atoms with Gasteiger partial charge in [0, 0.05) is 13.1 Å². The van der Waals surface area contributed by atoms with Crippen molar-refractivity contribution in [1.82, 2.24) is 4.90 Å². The summed E-state index contributed by atoms with van der Waals surface area (Å²) in [5, 5.41) is 9.29. The molecule has 2 aromatic carbocycles. The summed E-state index contributed by atoms with van der Waals surface area (Å²) in [4.78, 5) is 14.6. The van der Waals surface area contributed by atoms with Gasteiger partial charge in [-0.15, -0.1) is 0 Å². The molecule has 0 saturated carbocycles. The summed E-state index contributed by atoms with van der Waals surface area (Å²) < 4.78 is 0. The Morgan fingerprint density at radius 2 is 1.81 bits per heavy atom. The summed E-state index contributed by atoms with van der Waals surface area (Å²) in [7, 11) is 0. The SMILES string of the molecule is CCCCN(Cc1ccc(-c2ccccc2C#N)cc1)C(=O)C(N)C(C)C.